The maximum absolute atomic E-state index is 9.85. The number of carbonyl (C=O) groups is 2. The van der Waals surface area contributed by atoms with Crippen molar-refractivity contribution in [1.82, 2.24) is 0 Å². The zero-order chi connectivity index (χ0) is 6.41. The first-order valence-electron chi connectivity index (χ1n) is 2.41. The summed E-state index contributed by atoms with van der Waals surface area (Å²) in [6.45, 7) is 0. The summed E-state index contributed by atoms with van der Waals surface area (Å²) in [5, 5.41) is 0. The van der Waals surface area contributed by atoms with Crippen molar-refractivity contribution >= 4 is 22.8 Å². The summed E-state index contributed by atoms with van der Waals surface area (Å²) in [7, 11) is 3.10. The molecule has 0 N–H and O–H groups in total. The van der Waals surface area contributed by atoms with Crippen LogP contribution >= 0.6 is 0 Å². The summed E-state index contributed by atoms with van der Waals surface area (Å²) >= 11 is 0. The lowest BCUT2D eigenvalue weighted by Gasteiger charge is -1.93. The van der Waals surface area contributed by atoms with Gasteiger partial charge < -0.3 is 9.59 Å². The Morgan fingerprint density at radius 3 is 2.50 bits per heavy atom. The van der Waals surface area contributed by atoms with Gasteiger partial charge in [0.15, 0.2) is 0 Å². The van der Waals surface area contributed by atoms with Gasteiger partial charge in [0.2, 0.25) is 0 Å². The highest BCUT2D eigenvalue weighted by Crippen LogP contribution is 2.01. The molecule has 0 saturated carbocycles. The third kappa shape index (κ3) is 3.74. The summed E-state index contributed by atoms with van der Waals surface area (Å²) < 4.78 is 0. The first-order valence-corrected chi connectivity index (χ1v) is 2.99. The SMILES string of the molecule is O=CCCC([Si])C=O. The molecule has 3 heteroatoms. The molecule has 43 valence electrons. The average molecular weight is 127 g/mol. The van der Waals surface area contributed by atoms with Gasteiger partial charge in [-0.05, 0) is 6.42 Å². The molecule has 0 spiro atoms. The van der Waals surface area contributed by atoms with E-state index in [4.69, 9.17) is 0 Å². The van der Waals surface area contributed by atoms with Crippen molar-refractivity contribution in [3.8, 4) is 0 Å². The largest absolute Gasteiger partial charge is 0.303 e. The van der Waals surface area contributed by atoms with Crippen LogP contribution in [0.3, 0.4) is 0 Å². The van der Waals surface area contributed by atoms with Gasteiger partial charge in [0, 0.05) is 22.2 Å². The van der Waals surface area contributed by atoms with Crippen LogP contribution in [0, 0.1) is 0 Å². The second kappa shape index (κ2) is 4.71. The fraction of sp³-hybridized carbons (Fsp3) is 0.600. The first-order chi connectivity index (χ1) is 3.81. The van der Waals surface area contributed by atoms with Crippen LogP contribution in [0.4, 0.5) is 0 Å². The molecule has 0 aromatic rings. The summed E-state index contributed by atoms with van der Waals surface area (Å²) in [5.41, 5.74) is -0.153. The number of carbonyl (C=O) groups excluding carboxylic acids is 2. The Morgan fingerprint density at radius 2 is 2.12 bits per heavy atom. The quantitative estimate of drug-likeness (QED) is 0.397. The van der Waals surface area contributed by atoms with E-state index in [9.17, 15) is 9.59 Å². The van der Waals surface area contributed by atoms with Crippen molar-refractivity contribution in [1.29, 1.82) is 0 Å². The van der Waals surface area contributed by atoms with Crippen LogP contribution in [0.2, 0.25) is 5.54 Å². The normalized spacial score (nSPS) is 12.6. The molecule has 0 aliphatic carbocycles. The predicted molar refractivity (Wildman–Crippen MR) is 30.9 cm³/mol. The van der Waals surface area contributed by atoms with Gasteiger partial charge in [-0.1, -0.05) is 0 Å². The molecule has 0 rings (SSSR count). The molecule has 3 radical (unpaired) electrons. The number of rotatable bonds is 4. The Kier molecular flexibility index (Phi) is 4.45. The van der Waals surface area contributed by atoms with Gasteiger partial charge in [-0.15, -0.1) is 0 Å². The van der Waals surface area contributed by atoms with Crippen molar-refractivity contribution in [3.63, 3.8) is 0 Å². The highest BCUT2D eigenvalue weighted by atomic mass is 28.1. The Hall–Kier alpha value is -0.443. The molecule has 1 atom stereocenters. The Balaban J connectivity index is 3.09. The molecule has 1 unspecified atom stereocenters. The fourth-order valence-electron chi connectivity index (χ4n) is 0.316. The molecule has 2 nitrogen and oxygen atoms in total. The van der Waals surface area contributed by atoms with Crippen molar-refractivity contribution in [2.75, 3.05) is 0 Å². The topological polar surface area (TPSA) is 34.1 Å². The van der Waals surface area contributed by atoms with E-state index in [-0.39, 0.29) is 5.54 Å². The van der Waals surface area contributed by atoms with Gasteiger partial charge >= 0.3 is 0 Å². The molecule has 0 heterocycles. The van der Waals surface area contributed by atoms with Crippen molar-refractivity contribution in [2.45, 2.75) is 18.4 Å². The van der Waals surface area contributed by atoms with E-state index in [1.165, 1.54) is 0 Å². The predicted octanol–water partition coefficient (Wildman–Crippen LogP) is 0.121. The second-order valence-electron chi connectivity index (χ2n) is 1.49. The lowest BCUT2D eigenvalue weighted by molar-refractivity contribution is -0.108. The first kappa shape index (κ1) is 7.56. The Morgan fingerprint density at radius 1 is 1.50 bits per heavy atom. The van der Waals surface area contributed by atoms with Crippen LogP contribution in [0.25, 0.3) is 0 Å². The molecule has 0 aliphatic rings. The van der Waals surface area contributed by atoms with Crippen LogP contribution in [0.1, 0.15) is 12.8 Å². The number of hydrogen-bond acceptors (Lipinski definition) is 2. The van der Waals surface area contributed by atoms with E-state index in [0.29, 0.717) is 12.8 Å². The average Bonchev–Trinajstić information content (AvgIpc) is 1.83. The highest BCUT2D eigenvalue weighted by Gasteiger charge is 1.96. The monoisotopic (exact) mass is 127 g/mol. The van der Waals surface area contributed by atoms with Gasteiger partial charge in [0.1, 0.15) is 12.6 Å². The van der Waals surface area contributed by atoms with Gasteiger partial charge in [0.25, 0.3) is 0 Å². The molecule has 0 bridgehead atoms. The lowest BCUT2D eigenvalue weighted by atomic mass is 10.3. The minimum Gasteiger partial charge on any atom is -0.303 e. The third-order valence-corrected chi connectivity index (χ3v) is 1.18. The fourth-order valence-corrected chi connectivity index (χ4v) is 0.482. The van der Waals surface area contributed by atoms with Crippen molar-refractivity contribution in [3.05, 3.63) is 0 Å². The van der Waals surface area contributed by atoms with E-state index in [2.05, 4.69) is 10.2 Å². The van der Waals surface area contributed by atoms with Crippen molar-refractivity contribution in [2.24, 2.45) is 0 Å². The van der Waals surface area contributed by atoms with Gasteiger partial charge in [0.05, 0.1) is 0 Å². The molecular formula is C5H7O2Si. The minimum atomic E-state index is -0.153. The van der Waals surface area contributed by atoms with Gasteiger partial charge in [-0.25, -0.2) is 0 Å². The van der Waals surface area contributed by atoms with Crippen LogP contribution in [0.15, 0.2) is 0 Å². The summed E-state index contributed by atoms with van der Waals surface area (Å²) in [4.78, 5) is 19.5. The Labute approximate surface area is 51.7 Å². The van der Waals surface area contributed by atoms with E-state index in [1.807, 2.05) is 0 Å². The maximum Gasteiger partial charge on any atom is 0.120 e. The molecular weight excluding hydrogens is 120 g/mol. The van der Waals surface area contributed by atoms with E-state index in [1.54, 1.807) is 0 Å². The summed E-state index contributed by atoms with van der Waals surface area (Å²) in [6, 6.07) is 0. The summed E-state index contributed by atoms with van der Waals surface area (Å²) in [6.07, 6.45) is 2.63. The number of aldehydes is 2. The molecule has 0 fully saturated rings. The summed E-state index contributed by atoms with van der Waals surface area (Å²) in [5.74, 6) is 0. The molecule has 0 aromatic heterocycles. The minimum absolute atomic E-state index is 0.153. The van der Waals surface area contributed by atoms with Crippen LogP contribution < -0.4 is 0 Å². The molecule has 8 heavy (non-hydrogen) atoms. The maximum atomic E-state index is 9.85. The lowest BCUT2D eigenvalue weighted by Crippen LogP contribution is -1.92. The standard InChI is InChI=1S/C5H7O2Si/c6-3-1-2-5(8)4-7/h3-5H,1-2H2. The van der Waals surface area contributed by atoms with Crippen molar-refractivity contribution < 1.29 is 9.59 Å². The van der Waals surface area contributed by atoms with Crippen LogP contribution in [0.5, 0.6) is 0 Å². The number of hydrogen-bond donors (Lipinski definition) is 0. The van der Waals surface area contributed by atoms with Gasteiger partial charge in [-0.3, -0.25) is 0 Å². The van der Waals surface area contributed by atoms with E-state index >= 15 is 0 Å². The third-order valence-electron chi connectivity index (χ3n) is 0.760. The van der Waals surface area contributed by atoms with Gasteiger partial charge in [-0.2, -0.15) is 0 Å². The Bertz CT molecular complexity index is 82.5. The molecule has 0 saturated heterocycles. The van der Waals surface area contributed by atoms with E-state index in [0.717, 1.165) is 12.6 Å². The highest BCUT2D eigenvalue weighted by molar-refractivity contribution is 6.19. The molecule has 0 aromatic carbocycles. The van der Waals surface area contributed by atoms with Crippen LogP contribution in [-0.4, -0.2) is 22.8 Å². The molecule has 0 amide bonds. The zero-order valence-electron chi connectivity index (χ0n) is 4.46. The van der Waals surface area contributed by atoms with Crippen LogP contribution in [-0.2, 0) is 9.59 Å². The molecule has 0 aliphatic heterocycles. The second-order valence-corrected chi connectivity index (χ2v) is 2.23. The smallest absolute Gasteiger partial charge is 0.120 e. The zero-order valence-corrected chi connectivity index (χ0v) is 5.46. The van der Waals surface area contributed by atoms with E-state index < -0.39 is 0 Å².